The lowest BCUT2D eigenvalue weighted by molar-refractivity contribution is -0.126. The molecule has 0 saturated heterocycles. The third-order valence-corrected chi connectivity index (χ3v) is 8.68. The first kappa shape index (κ1) is 24.5. The van der Waals surface area contributed by atoms with E-state index < -0.39 is 0 Å². The molecule has 0 bridgehead atoms. The number of benzene rings is 1. The molecule has 2 aliphatic rings. The van der Waals surface area contributed by atoms with Gasteiger partial charge in [0.15, 0.2) is 0 Å². The second kappa shape index (κ2) is 11.2. The molecule has 1 aliphatic carbocycles. The Morgan fingerprint density at radius 2 is 2.03 bits per heavy atom. The number of hydrogen-bond acceptors (Lipinski definition) is 6. The number of halogens is 2. The van der Waals surface area contributed by atoms with E-state index in [0.717, 1.165) is 47.2 Å². The molecule has 1 aliphatic heterocycles. The second-order valence-corrected chi connectivity index (χ2v) is 11.1. The number of rotatable bonds is 7. The Balaban J connectivity index is 1.22. The highest BCUT2D eigenvalue weighted by Gasteiger charge is 2.25. The minimum atomic E-state index is 0.0628. The number of aromatic nitrogens is 2. The fourth-order valence-electron chi connectivity index (χ4n) is 4.95. The molecule has 3 aromatic rings. The van der Waals surface area contributed by atoms with Crippen molar-refractivity contribution in [3.05, 3.63) is 57.2 Å². The van der Waals surface area contributed by atoms with Gasteiger partial charge in [0.1, 0.15) is 17.0 Å². The molecule has 0 radical (unpaired) electrons. The highest BCUT2D eigenvalue weighted by molar-refractivity contribution is 7.19. The molecule has 9 heteroatoms. The van der Waals surface area contributed by atoms with E-state index in [1.807, 2.05) is 17.0 Å². The van der Waals surface area contributed by atoms with Crippen LogP contribution < -0.4 is 10.6 Å². The first-order chi connectivity index (χ1) is 17.1. The van der Waals surface area contributed by atoms with Crippen molar-refractivity contribution >= 4 is 62.2 Å². The predicted octanol–water partition coefficient (Wildman–Crippen LogP) is 6.35. The summed E-state index contributed by atoms with van der Waals surface area (Å²) < 4.78 is 0. The summed E-state index contributed by atoms with van der Waals surface area (Å²) in [6, 6.07) is 5.42. The molecule has 0 atom stereocenters. The third-order valence-electron chi connectivity index (χ3n) is 6.81. The average Bonchev–Trinajstić information content (AvgIpc) is 3.25. The largest absolute Gasteiger partial charge is 0.340 e. The van der Waals surface area contributed by atoms with Crippen LogP contribution in [0.2, 0.25) is 10.0 Å². The number of fused-ring (bicyclic) bond motifs is 3. The number of anilines is 2. The summed E-state index contributed by atoms with van der Waals surface area (Å²) in [5, 5.41) is 8.87. The fraction of sp³-hybridized carbons (Fsp3) is 0.423. The molecule has 2 N–H and O–H groups in total. The molecule has 184 valence electrons. The van der Waals surface area contributed by atoms with Crippen molar-refractivity contribution in [3.8, 4) is 0 Å². The van der Waals surface area contributed by atoms with Crippen LogP contribution in [0, 0.1) is 5.92 Å². The number of thiophene rings is 1. The Kier molecular flexibility index (Phi) is 7.88. The molecule has 2 aromatic heterocycles. The van der Waals surface area contributed by atoms with Crippen molar-refractivity contribution < 1.29 is 4.79 Å². The van der Waals surface area contributed by atoms with Gasteiger partial charge in [-0.25, -0.2) is 9.97 Å². The molecule has 3 heterocycles. The normalized spacial score (nSPS) is 16.7. The molecular weight excluding hydrogens is 501 g/mol. The highest BCUT2D eigenvalue weighted by atomic mass is 35.5. The Hall–Kier alpha value is -2.19. The standard InChI is InChI=1S/C26H29Cl2N5OS/c27-20-9-8-18(13-21(20)28)32-25-24-19-10-12-33(15-22(19)35-26(24)31-16-30-25)23(34)7-4-11-29-14-17-5-2-1-3-6-17/h4,7-9,13,16-17,29H,1-3,5-6,10-12,14-15H2,(H,30,31,32)/b7-4+. The van der Waals surface area contributed by atoms with E-state index in [2.05, 4.69) is 20.6 Å². The number of carbonyl (C=O) groups excluding carboxylic acids is 1. The lowest BCUT2D eigenvalue weighted by Gasteiger charge is -2.26. The SMILES string of the molecule is O=C(/C=C/CNCC1CCCCC1)N1CCc2c(sc3ncnc(Nc4ccc(Cl)c(Cl)c4)c23)C1. The van der Waals surface area contributed by atoms with Crippen molar-refractivity contribution in [1.29, 1.82) is 0 Å². The summed E-state index contributed by atoms with van der Waals surface area (Å²) >= 11 is 13.9. The van der Waals surface area contributed by atoms with Crippen LogP contribution in [0.25, 0.3) is 10.2 Å². The van der Waals surface area contributed by atoms with Gasteiger partial charge in [0.25, 0.3) is 0 Å². The first-order valence-corrected chi connectivity index (χ1v) is 13.8. The average molecular weight is 531 g/mol. The number of nitrogens with one attached hydrogen (secondary N) is 2. The van der Waals surface area contributed by atoms with Crippen LogP contribution in [-0.4, -0.2) is 40.4 Å². The Morgan fingerprint density at radius 1 is 1.17 bits per heavy atom. The van der Waals surface area contributed by atoms with E-state index in [4.69, 9.17) is 23.2 Å². The number of amides is 1. The fourth-order valence-corrected chi connectivity index (χ4v) is 6.45. The summed E-state index contributed by atoms with van der Waals surface area (Å²) in [6.45, 7) is 3.07. The van der Waals surface area contributed by atoms with Crippen LogP contribution in [0.15, 0.2) is 36.7 Å². The Labute approximate surface area is 219 Å². The van der Waals surface area contributed by atoms with Crippen molar-refractivity contribution in [2.75, 3.05) is 25.0 Å². The summed E-state index contributed by atoms with van der Waals surface area (Å²) in [5.74, 6) is 1.60. The van der Waals surface area contributed by atoms with Crippen LogP contribution >= 0.6 is 34.5 Å². The van der Waals surface area contributed by atoms with Crippen LogP contribution in [-0.2, 0) is 17.8 Å². The van der Waals surface area contributed by atoms with E-state index in [0.29, 0.717) is 23.1 Å². The van der Waals surface area contributed by atoms with E-state index >= 15 is 0 Å². The monoisotopic (exact) mass is 529 g/mol. The van der Waals surface area contributed by atoms with Gasteiger partial charge in [0.05, 0.1) is 22.0 Å². The third kappa shape index (κ3) is 5.80. The molecular formula is C26H29Cl2N5OS. The van der Waals surface area contributed by atoms with Gasteiger partial charge >= 0.3 is 0 Å². The Morgan fingerprint density at radius 3 is 2.86 bits per heavy atom. The molecule has 6 nitrogen and oxygen atoms in total. The number of carbonyl (C=O) groups is 1. The minimum Gasteiger partial charge on any atom is -0.340 e. The van der Waals surface area contributed by atoms with E-state index in [1.165, 1.54) is 42.5 Å². The smallest absolute Gasteiger partial charge is 0.246 e. The zero-order chi connectivity index (χ0) is 24.2. The van der Waals surface area contributed by atoms with Gasteiger partial charge in [-0.3, -0.25) is 4.79 Å². The Bertz CT molecular complexity index is 1240. The zero-order valence-corrected chi connectivity index (χ0v) is 21.9. The van der Waals surface area contributed by atoms with Gasteiger partial charge in [-0.05, 0) is 55.5 Å². The maximum atomic E-state index is 12.8. The maximum absolute atomic E-state index is 12.8. The minimum absolute atomic E-state index is 0.0628. The van der Waals surface area contributed by atoms with Crippen LogP contribution in [0.4, 0.5) is 11.5 Å². The van der Waals surface area contributed by atoms with Gasteiger partial charge < -0.3 is 15.5 Å². The number of nitrogens with zero attached hydrogens (tertiary/aromatic N) is 3. The topological polar surface area (TPSA) is 70.2 Å². The van der Waals surface area contributed by atoms with Crippen LogP contribution in [0.3, 0.4) is 0 Å². The van der Waals surface area contributed by atoms with E-state index in [-0.39, 0.29) is 5.91 Å². The van der Waals surface area contributed by atoms with Gasteiger partial charge in [-0.1, -0.05) is 48.5 Å². The molecule has 1 aromatic carbocycles. The van der Waals surface area contributed by atoms with Crippen molar-refractivity contribution in [2.24, 2.45) is 5.92 Å². The van der Waals surface area contributed by atoms with Crippen LogP contribution in [0.1, 0.15) is 42.5 Å². The lowest BCUT2D eigenvalue weighted by atomic mass is 9.89. The molecule has 1 fully saturated rings. The quantitative estimate of drug-likeness (QED) is 0.275. The van der Waals surface area contributed by atoms with Gasteiger partial charge in [-0.15, -0.1) is 11.3 Å². The lowest BCUT2D eigenvalue weighted by Crippen LogP contribution is -2.34. The second-order valence-electron chi connectivity index (χ2n) is 9.23. The van der Waals surface area contributed by atoms with Crippen molar-refractivity contribution in [1.82, 2.24) is 20.2 Å². The summed E-state index contributed by atoms with van der Waals surface area (Å²) in [5.41, 5.74) is 2.03. The summed E-state index contributed by atoms with van der Waals surface area (Å²) in [7, 11) is 0. The molecule has 0 unspecified atom stereocenters. The molecule has 1 saturated carbocycles. The van der Waals surface area contributed by atoms with E-state index in [9.17, 15) is 4.79 Å². The van der Waals surface area contributed by atoms with Crippen molar-refractivity contribution in [2.45, 2.75) is 45.1 Å². The van der Waals surface area contributed by atoms with Gasteiger partial charge in [0.2, 0.25) is 5.91 Å². The number of hydrogen-bond donors (Lipinski definition) is 2. The first-order valence-electron chi connectivity index (χ1n) is 12.2. The van der Waals surface area contributed by atoms with Crippen molar-refractivity contribution in [3.63, 3.8) is 0 Å². The summed E-state index contributed by atoms with van der Waals surface area (Å²) in [6.07, 6.45) is 12.8. The molecule has 5 rings (SSSR count). The van der Waals surface area contributed by atoms with Crippen LogP contribution in [0.5, 0.6) is 0 Å². The summed E-state index contributed by atoms with van der Waals surface area (Å²) in [4.78, 5) is 25.8. The maximum Gasteiger partial charge on any atom is 0.246 e. The predicted molar refractivity (Wildman–Crippen MR) is 145 cm³/mol. The highest BCUT2D eigenvalue weighted by Crippen LogP contribution is 2.38. The molecule has 1 amide bonds. The molecule has 0 spiro atoms. The van der Waals surface area contributed by atoms with E-state index in [1.54, 1.807) is 35.9 Å². The molecule has 35 heavy (non-hydrogen) atoms. The van der Waals surface area contributed by atoms with Gasteiger partial charge in [0, 0.05) is 29.7 Å². The zero-order valence-electron chi connectivity index (χ0n) is 19.5. The van der Waals surface area contributed by atoms with Gasteiger partial charge in [-0.2, -0.15) is 0 Å².